The van der Waals surface area contributed by atoms with Gasteiger partial charge in [-0.25, -0.2) is 0 Å². The van der Waals surface area contributed by atoms with Crippen LogP contribution in [0.4, 0.5) is 5.69 Å². The normalized spacial score (nSPS) is 14.6. The zero-order valence-corrected chi connectivity index (χ0v) is 15.5. The van der Waals surface area contributed by atoms with Crippen LogP contribution in [0.2, 0.25) is 0 Å². The van der Waals surface area contributed by atoms with E-state index in [1.807, 2.05) is 37.4 Å². The van der Waals surface area contributed by atoms with Crippen LogP contribution in [0, 0.1) is 6.92 Å². The van der Waals surface area contributed by atoms with Gasteiger partial charge in [-0.05, 0) is 36.3 Å². The molecule has 4 nitrogen and oxygen atoms in total. The predicted octanol–water partition coefficient (Wildman–Crippen LogP) is 3.50. The van der Waals surface area contributed by atoms with Crippen molar-refractivity contribution in [3.63, 3.8) is 0 Å². The van der Waals surface area contributed by atoms with Crippen molar-refractivity contribution >= 4 is 17.7 Å². The molecule has 1 heterocycles. The fourth-order valence-corrected chi connectivity index (χ4v) is 2.96. The first kappa shape index (κ1) is 18.2. The quantitative estimate of drug-likeness (QED) is 0.774. The summed E-state index contributed by atoms with van der Waals surface area (Å²) in [4.78, 5) is 16.4. The molecule has 3 rings (SSSR count). The van der Waals surface area contributed by atoms with Gasteiger partial charge in [0, 0.05) is 38.4 Å². The molecule has 136 valence electrons. The number of hydrogen-bond donors (Lipinski definition) is 0. The van der Waals surface area contributed by atoms with E-state index in [1.54, 1.807) is 11.0 Å². The Hall–Kier alpha value is -2.59. The summed E-state index contributed by atoms with van der Waals surface area (Å²) in [5.41, 5.74) is 4.59. The van der Waals surface area contributed by atoms with Crippen molar-refractivity contribution in [2.75, 3.05) is 38.3 Å². The van der Waals surface area contributed by atoms with Crippen LogP contribution in [0.15, 0.2) is 54.6 Å². The summed E-state index contributed by atoms with van der Waals surface area (Å²) >= 11 is 0. The van der Waals surface area contributed by atoms with Gasteiger partial charge in [0.25, 0.3) is 0 Å². The van der Waals surface area contributed by atoms with Crippen LogP contribution >= 0.6 is 0 Å². The molecule has 0 saturated carbocycles. The second kappa shape index (κ2) is 8.68. The van der Waals surface area contributed by atoms with Crippen molar-refractivity contribution in [3.05, 3.63) is 71.3 Å². The average molecular weight is 350 g/mol. The number of amides is 1. The molecule has 0 aromatic heterocycles. The van der Waals surface area contributed by atoms with Gasteiger partial charge in [-0.1, -0.05) is 42.0 Å². The van der Waals surface area contributed by atoms with E-state index in [0.717, 1.165) is 37.4 Å². The highest BCUT2D eigenvalue weighted by Crippen LogP contribution is 2.17. The van der Waals surface area contributed by atoms with Crippen molar-refractivity contribution in [2.45, 2.75) is 13.5 Å². The minimum Gasteiger partial charge on any atom is -0.378 e. The number of anilines is 1. The SMILES string of the molecule is Cc1ccc(/C=C/C(=O)N(C)Cc2ccc(N3CCOCC3)cc2)cc1. The zero-order valence-electron chi connectivity index (χ0n) is 15.5. The number of benzene rings is 2. The van der Waals surface area contributed by atoms with E-state index in [9.17, 15) is 4.79 Å². The molecule has 26 heavy (non-hydrogen) atoms. The van der Waals surface area contributed by atoms with Gasteiger partial charge in [-0.2, -0.15) is 0 Å². The van der Waals surface area contributed by atoms with E-state index in [-0.39, 0.29) is 5.91 Å². The Balaban J connectivity index is 1.55. The maximum atomic E-state index is 12.3. The van der Waals surface area contributed by atoms with E-state index in [0.29, 0.717) is 6.54 Å². The molecule has 0 radical (unpaired) electrons. The minimum atomic E-state index is 0.00262. The Bertz CT molecular complexity index is 745. The van der Waals surface area contributed by atoms with Crippen molar-refractivity contribution in [1.82, 2.24) is 4.90 Å². The Kier molecular flexibility index (Phi) is 6.08. The third kappa shape index (κ3) is 4.96. The molecule has 0 N–H and O–H groups in total. The largest absolute Gasteiger partial charge is 0.378 e. The fraction of sp³-hybridized carbons (Fsp3) is 0.318. The third-order valence-electron chi connectivity index (χ3n) is 4.60. The molecule has 0 aliphatic carbocycles. The monoisotopic (exact) mass is 350 g/mol. The standard InChI is InChI=1S/C22H26N2O2/c1-18-3-5-19(6-4-18)9-12-22(25)23(2)17-20-7-10-21(11-8-20)24-13-15-26-16-14-24/h3-12H,13-17H2,1-2H3/b12-9+. The summed E-state index contributed by atoms with van der Waals surface area (Å²) < 4.78 is 5.39. The summed E-state index contributed by atoms with van der Waals surface area (Å²) in [6.45, 7) is 6.08. The number of aryl methyl sites for hydroxylation is 1. The van der Waals surface area contributed by atoms with Crippen LogP contribution in [0.3, 0.4) is 0 Å². The number of ether oxygens (including phenoxy) is 1. The van der Waals surface area contributed by atoms with Crippen LogP contribution in [0.1, 0.15) is 16.7 Å². The second-order valence-electron chi connectivity index (χ2n) is 6.70. The lowest BCUT2D eigenvalue weighted by atomic mass is 10.1. The van der Waals surface area contributed by atoms with Crippen LogP contribution in [-0.4, -0.2) is 44.2 Å². The first-order chi connectivity index (χ1) is 12.6. The molecule has 0 spiro atoms. The molecule has 4 heteroatoms. The number of rotatable bonds is 5. The Morgan fingerprint density at radius 2 is 1.73 bits per heavy atom. The Morgan fingerprint density at radius 3 is 2.38 bits per heavy atom. The van der Waals surface area contributed by atoms with Crippen LogP contribution < -0.4 is 4.90 Å². The molecule has 1 aliphatic rings. The summed E-state index contributed by atoms with van der Waals surface area (Å²) in [5, 5.41) is 0. The van der Waals surface area contributed by atoms with E-state index in [4.69, 9.17) is 4.74 Å². The number of carbonyl (C=O) groups excluding carboxylic acids is 1. The first-order valence-electron chi connectivity index (χ1n) is 9.03. The van der Waals surface area contributed by atoms with Gasteiger partial charge in [0.2, 0.25) is 5.91 Å². The molecule has 1 amide bonds. The Morgan fingerprint density at radius 1 is 1.08 bits per heavy atom. The minimum absolute atomic E-state index is 0.00262. The third-order valence-corrected chi connectivity index (χ3v) is 4.60. The Labute approximate surface area is 155 Å². The second-order valence-corrected chi connectivity index (χ2v) is 6.70. The van der Waals surface area contributed by atoms with Crippen molar-refractivity contribution in [2.24, 2.45) is 0 Å². The van der Waals surface area contributed by atoms with Gasteiger partial charge in [-0.3, -0.25) is 4.79 Å². The van der Waals surface area contributed by atoms with E-state index >= 15 is 0 Å². The summed E-state index contributed by atoms with van der Waals surface area (Å²) in [6, 6.07) is 16.6. The van der Waals surface area contributed by atoms with Crippen LogP contribution in [-0.2, 0) is 16.1 Å². The molecule has 0 bridgehead atoms. The maximum Gasteiger partial charge on any atom is 0.246 e. The highest BCUT2D eigenvalue weighted by Gasteiger charge is 2.11. The zero-order chi connectivity index (χ0) is 18.4. The van der Waals surface area contributed by atoms with Crippen molar-refractivity contribution in [1.29, 1.82) is 0 Å². The van der Waals surface area contributed by atoms with E-state index in [1.165, 1.54) is 11.3 Å². The van der Waals surface area contributed by atoms with Gasteiger partial charge >= 0.3 is 0 Å². The lowest BCUT2D eigenvalue weighted by Gasteiger charge is -2.29. The number of likely N-dealkylation sites (N-methyl/N-ethyl adjacent to an activating group) is 1. The maximum absolute atomic E-state index is 12.3. The lowest BCUT2D eigenvalue weighted by Crippen LogP contribution is -2.36. The molecular weight excluding hydrogens is 324 g/mol. The summed E-state index contributed by atoms with van der Waals surface area (Å²) in [5.74, 6) is 0.00262. The molecule has 2 aromatic carbocycles. The number of morpholine rings is 1. The molecule has 2 aromatic rings. The summed E-state index contributed by atoms with van der Waals surface area (Å²) in [6.07, 6.45) is 3.49. The number of carbonyl (C=O) groups is 1. The fourth-order valence-electron chi connectivity index (χ4n) is 2.96. The van der Waals surface area contributed by atoms with Crippen LogP contribution in [0.5, 0.6) is 0 Å². The molecule has 1 aliphatic heterocycles. The number of hydrogen-bond acceptors (Lipinski definition) is 3. The van der Waals surface area contributed by atoms with E-state index in [2.05, 4.69) is 36.1 Å². The summed E-state index contributed by atoms with van der Waals surface area (Å²) in [7, 11) is 1.83. The van der Waals surface area contributed by atoms with Crippen molar-refractivity contribution < 1.29 is 9.53 Å². The smallest absolute Gasteiger partial charge is 0.246 e. The molecule has 0 unspecified atom stereocenters. The van der Waals surface area contributed by atoms with E-state index < -0.39 is 0 Å². The predicted molar refractivity (Wildman–Crippen MR) is 106 cm³/mol. The lowest BCUT2D eigenvalue weighted by molar-refractivity contribution is -0.125. The van der Waals surface area contributed by atoms with Crippen molar-refractivity contribution in [3.8, 4) is 0 Å². The van der Waals surface area contributed by atoms with Gasteiger partial charge in [0.05, 0.1) is 13.2 Å². The van der Waals surface area contributed by atoms with Gasteiger partial charge in [0.1, 0.15) is 0 Å². The molecule has 1 saturated heterocycles. The van der Waals surface area contributed by atoms with Gasteiger partial charge in [-0.15, -0.1) is 0 Å². The average Bonchev–Trinajstić information content (AvgIpc) is 2.68. The highest BCUT2D eigenvalue weighted by molar-refractivity contribution is 5.91. The number of nitrogens with zero attached hydrogens (tertiary/aromatic N) is 2. The first-order valence-corrected chi connectivity index (χ1v) is 9.03. The van der Waals surface area contributed by atoms with Gasteiger partial charge in [0.15, 0.2) is 0 Å². The topological polar surface area (TPSA) is 32.8 Å². The molecule has 1 fully saturated rings. The highest BCUT2D eigenvalue weighted by atomic mass is 16.5. The molecule has 0 atom stereocenters. The molecular formula is C22H26N2O2. The van der Waals surface area contributed by atoms with Crippen LogP contribution in [0.25, 0.3) is 6.08 Å². The van der Waals surface area contributed by atoms with Gasteiger partial charge < -0.3 is 14.5 Å².